The van der Waals surface area contributed by atoms with E-state index in [9.17, 15) is 4.79 Å². The van der Waals surface area contributed by atoms with Crippen molar-refractivity contribution >= 4 is 11.9 Å². The van der Waals surface area contributed by atoms with Crippen molar-refractivity contribution in [1.29, 1.82) is 0 Å². The second-order valence-corrected chi connectivity index (χ2v) is 5.83. The number of nitrogens with zero attached hydrogens (tertiary/aromatic N) is 3. The molecule has 0 saturated heterocycles. The number of rotatable bonds is 8. The molecule has 27 heavy (non-hydrogen) atoms. The summed E-state index contributed by atoms with van der Waals surface area (Å²) in [5, 5.41) is 5.97. The van der Waals surface area contributed by atoms with Gasteiger partial charge in [-0.25, -0.2) is 9.97 Å². The Morgan fingerprint density at radius 3 is 2.63 bits per heavy atom. The fourth-order valence-corrected chi connectivity index (χ4v) is 2.54. The Bertz CT molecular complexity index is 869. The number of carbonyl (C=O) groups excluding carboxylic acids is 1. The summed E-state index contributed by atoms with van der Waals surface area (Å²) in [7, 11) is 1.64. The van der Waals surface area contributed by atoms with Gasteiger partial charge in [-0.1, -0.05) is 24.3 Å². The van der Waals surface area contributed by atoms with Crippen LogP contribution in [0.1, 0.15) is 21.5 Å². The van der Waals surface area contributed by atoms with E-state index in [0.717, 1.165) is 16.9 Å². The molecule has 2 aromatic heterocycles. The summed E-state index contributed by atoms with van der Waals surface area (Å²) in [6, 6.07) is 11.6. The number of nitrogens with one attached hydrogen (secondary N) is 2. The first-order valence-electron chi connectivity index (χ1n) is 8.61. The van der Waals surface area contributed by atoms with Gasteiger partial charge in [0, 0.05) is 37.9 Å². The van der Waals surface area contributed by atoms with Gasteiger partial charge in [0.1, 0.15) is 5.75 Å². The zero-order valence-electron chi connectivity index (χ0n) is 15.1. The molecule has 0 saturated carbocycles. The third-order valence-electron chi connectivity index (χ3n) is 3.96. The fourth-order valence-electron chi connectivity index (χ4n) is 2.54. The standard InChI is InChI=1S/C20H21N5O2/c1-27-18-7-3-2-6-16(18)8-10-22-19(26)17-13-24-20(25-14-17)23-12-15-5-4-9-21-11-15/h2-7,9,11,13-14H,8,10,12H2,1H3,(H,22,26)(H,23,24,25). The van der Waals surface area contributed by atoms with Gasteiger partial charge in [0.25, 0.3) is 5.91 Å². The van der Waals surface area contributed by atoms with E-state index in [2.05, 4.69) is 25.6 Å². The van der Waals surface area contributed by atoms with Gasteiger partial charge in [-0.05, 0) is 29.7 Å². The van der Waals surface area contributed by atoms with Crippen molar-refractivity contribution in [2.75, 3.05) is 19.0 Å². The predicted octanol–water partition coefficient (Wildman–Crippen LogP) is 2.46. The molecule has 3 rings (SSSR count). The lowest BCUT2D eigenvalue weighted by Crippen LogP contribution is -2.26. The highest BCUT2D eigenvalue weighted by molar-refractivity contribution is 5.93. The van der Waals surface area contributed by atoms with Crippen LogP contribution in [0, 0.1) is 0 Å². The van der Waals surface area contributed by atoms with Gasteiger partial charge in [0.05, 0.1) is 12.7 Å². The highest BCUT2D eigenvalue weighted by Gasteiger charge is 2.08. The zero-order valence-corrected chi connectivity index (χ0v) is 15.1. The quantitative estimate of drug-likeness (QED) is 0.639. The first kappa shape index (κ1) is 18.3. The van der Waals surface area contributed by atoms with E-state index in [-0.39, 0.29) is 5.91 Å². The Labute approximate surface area is 157 Å². The number of amides is 1. The molecule has 0 bridgehead atoms. The minimum atomic E-state index is -0.205. The fraction of sp³-hybridized carbons (Fsp3) is 0.200. The average molecular weight is 363 g/mol. The second kappa shape index (κ2) is 9.28. The molecule has 0 fully saturated rings. The molecule has 7 nitrogen and oxygen atoms in total. The van der Waals surface area contributed by atoms with Gasteiger partial charge in [0.2, 0.25) is 5.95 Å². The normalized spacial score (nSPS) is 10.3. The maximum Gasteiger partial charge on any atom is 0.254 e. The molecule has 2 N–H and O–H groups in total. The molecule has 0 aliphatic heterocycles. The van der Waals surface area contributed by atoms with Crippen LogP contribution in [-0.2, 0) is 13.0 Å². The zero-order chi connectivity index (χ0) is 18.9. The number of para-hydroxylation sites is 1. The molecule has 0 aliphatic carbocycles. The topological polar surface area (TPSA) is 89.0 Å². The summed E-state index contributed by atoms with van der Waals surface area (Å²) in [6.45, 7) is 1.07. The predicted molar refractivity (Wildman–Crippen MR) is 103 cm³/mol. The highest BCUT2D eigenvalue weighted by Crippen LogP contribution is 2.17. The molecule has 0 spiro atoms. The Morgan fingerprint density at radius 1 is 1.07 bits per heavy atom. The Balaban J connectivity index is 1.48. The summed E-state index contributed by atoms with van der Waals surface area (Å²) in [5.74, 6) is 1.08. The van der Waals surface area contributed by atoms with Crippen molar-refractivity contribution in [2.24, 2.45) is 0 Å². The molecule has 0 unspecified atom stereocenters. The van der Waals surface area contributed by atoms with E-state index < -0.39 is 0 Å². The van der Waals surface area contributed by atoms with Crippen molar-refractivity contribution in [3.8, 4) is 5.75 Å². The van der Waals surface area contributed by atoms with Crippen molar-refractivity contribution in [2.45, 2.75) is 13.0 Å². The van der Waals surface area contributed by atoms with E-state index in [0.29, 0.717) is 31.0 Å². The van der Waals surface area contributed by atoms with Crippen LogP contribution in [-0.4, -0.2) is 34.5 Å². The molecule has 1 aromatic carbocycles. The van der Waals surface area contributed by atoms with E-state index in [1.807, 2.05) is 36.4 Å². The molecular weight excluding hydrogens is 342 g/mol. The first-order valence-corrected chi connectivity index (χ1v) is 8.61. The molecule has 3 aromatic rings. The van der Waals surface area contributed by atoms with E-state index in [4.69, 9.17) is 4.74 Å². The number of benzene rings is 1. The first-order chi connectivity index (χ1) is 13.3. The Hall–Kier alpha value is -3.48. The number of hydrogen-bond acceptors (Lipinski definition) is 6. The minimum absolute atomic E-state index is 0.205. The number of ether oxygens (including phenoxy) is 1. The van der Waals surface area contributed by atoms with Crippen LogP contribution in [0.15, 0.2) is 61.2 Å². The number of methoxy groups -OCH3 is 1. The Morgan fingerprint density at radius 2 is 1.89 bits per heavy atom. The van der Waals surface area contributed by atoms with Gasteiger partial charge >= 0.3 is 0 Å². The summed E-state index contributed by atoms with van der Waals surface area (Å²) >= 11 is 0. The van der Waals surface area contributed by atoms with Gasteiger partial charge in [-0.3, -0.25) is 9.78 Å². The SMILES string of the molecule is COc1ccccc1CCNC(=O)c1cnc(NCc2cccnc2)nc1. The smallest absolute Gasteiger partial charge is 0.254 e. The van der Waals surface area contributed by atoms with Crippen LogP contribution in [0.5, 0.6) is 5.75 Å². The van der Waals surface area contributed by atoms with Crippen molar-refractivity contribution in [1.82, 2.24) is 20.3 Å². The summed E-state index contributed by atoms with van der Waals surface area (Å²) in [6.07, 6.45) is 7.20. The number of aromatic nitrogens is 3. The van der Waals surface area contributed by atoms with Gasteiger partial charge in [-0.15, -0.1) is 0 Å². The number of hydrogen-bond donors (Lipinski definition) is 2. The van der Waals surface area contributed by atoms with Crippen LogP contribution in [0.25, 0.3) is 0 Å². The van der Waals surface area contributed by atoms with E-state index in [1.165, 1.54) is 12.4 Å². The summed E-state index contributed by atoms with van der Waals surface area (Å²) in [5.41, 5.74) is 2.49. The van der Waals surface area contributed by atoms with Gasteiger partial charge in [0.15, 0.2) is 0 Å². The van der Waals surface area contributed by atoms with Gasteiger partial charge in [-0.2, -0.15) is 0 Å². The highest BCUT2D eigenvalue weighted by atomic mass is 16.5. The summed E-state index contributed by atoms with van der Waals surface area (Å²) in [4.78, 5) is 24.7. The van der Waals surface area contributed by atoms with Crippen molar-refractivity contribution in [3.63, 3.8) is 0 Å². The summed E-state index contributed by atoms with van der Waals surface area (Å²) < 4.78 is 5.31. The van der Waals surface area contributed by atoms with E-state index >= 15 is 0 Å². The molecule has 0 atom stereocenters. The lowest BCUT2D eigenvalue weighted by molar-refractivity contribution is 0.0953. The molecule has 2 heterocycles. The van der Waals surface area contributed by atoms with Crippen molar-refractivity contribution < 1.29 is 9.53 Å². The largest absolute Gasteiger partial charge is 0.496 e. The molecule has 0 aliphatic rings. The maximum atomic E-state index is 12.2. The lowest BCUT2D eigenvalue weighted by atomic mass is 10.1. The third-order valence-corrected chi connectivity index (χ3v) is 3.96. The molecule has 138 valence electrons. The monoisotopic (exact) mass is 363 g/mol. The lowest BCUT2D eigenvalue weighted by Gasteiger charge is -2.09. The maximum absolute atomic E-state index is 12.2. The minimum Gasteiger partial charge on any atom is -0.496 e. The number of anilines is 1. The van der Waals surface area contributed by atoms with Crippen LogP contribution in [0.2, 0.25) is 0 Å². The van der Waals surface area contributed by atoms with E-state index in [1.54, 1.807) is 19.5 Å². The Kier molecular flexibility index (Phi) is 6.30. The third kappa shape index (κ3) is 5.24. The molecule has 7 heteroatoms. The van der Waals surface area contributed by atoms with Crippen LogP contribution >= 0.6 is 0 Å². The van der Waals surface area contributed by atoms with Crippen LogP contribution < -0.4 is 15.4 Å². The van der Waals surface area contributed by atoms with Crippen LogP contribution in [0.3, 0.4) is 0 Å². The van der Waals surface area contributed by atoms with Gasteiger partial charge < -0.3 is 15.4 Å². The van der Waals surface area contributed by atoms with Crippen molar-refractivity contribution in [3.05, 3.63) is 77.9 Å². The molecule has 1 amide bonds. The number of pyridine rings is 1. The second-order valence-electron chi connectivity index (χ2n) is 5.83. The van der Waals surface area contributed by atoms with Crippen LogP contribution in [0.4, 0.5) is 5.95 Å². The average Bonchev–Trinajstić information content (AvgIpc) is 2.73. The molecular formula is C20H21N5O2. The number of carbonyl (C=O) groups is 1. The molecule has 0 radical (unpaired) electrons.